The molecule has 1 rings (SSSR count). The molecule has 0 bridgehead atoms. The number of nitrogens with one attached hydrogen (secondary N) is 1. The summed E-state index contributed by atoms with van der Waals surface area (Å²) in [4.78, 5) is 0. The molecule has 0 fully saturated rings. The van der Waals surface area contributed by atoms with Gasteiger partial charge in [0.15, 0.2) is 0 Å². The van der Waals surface area contributed by atoms with Crippen molar-refractivity contribution in [2.75, 3.05) is 11.9 Å². The van der Waals surface area contributed by atoms with Gasteiger partial charge < -0.3 is 5.32 Å². The van der Waals surface area contributed by atoms with Gasteiger partial charge in [-0.25, -0.2) is 4.39 Å². The highest BCUT2D eigenvalue weighted by Crippen LogP contribution is 2.24. The lowest BCUT2D eigenvalue weighted by atomic mass is 10.2. The molecule has 0 saturated heterocycles. The second-order valence-corrected chi connectivity index (χ2v) is 3.64. The Morgan fingerprint density at radius 3 is 2.79 bits per heavy atom. The number of benzene rings is 1. The molecule has 0 aromatic heterocycles. The van der Waals surface area contributed by atoms with Gasteiger partial charge in [-0.2, -0.15) is 0 Å². The Labute approximate surface area is 89.3 Å². The molecule has 0 amide bonds. The van der Waals surface area contributed by atoms with Crippen molar-refractivity contribution in [2.45, 2.75) is 26.2 Å². The lowest BCUT2D eigenvalue weighted by Crippen LogP contribution is -2.03. The summed E-state index contributed by atoms with van der Waals surface area (Å²) < 4.78 is 13.2. The monoisotopic (exact) mass is 215 g/mol. The quantitative estimate of drug-likeness (QED) is 0.730. The third-order valence-corrected chi connectivity index (χ3v) is 2.36. The maximum Gasteiger partial charge on any atom is 0.147 e. The lowest BCUT2D eigenvalue weighted by molar-refractivity contribution is 0.628. The van der Waals surface area contributed by atoms with Crippen molar-refractivity contribution in [3.05, 3.63) is 29.0 Å². The van der Waals surface area contributed by atoms with Crippen LogP contribution in [0, 0.1) is 5.82 Å². The van der Waals surface area contributed by atoms with Gasteiger partial charge in [-0.3, -0.25) is 0 Å². The Morgan fingerprint density at radius 1 is 1.36 bits per heavy atom. The average Bonchev–Trinajstić information content (AvgIpc) is 2.16. The summed E-state index contributed by atoms with van der Waals surface area (Å²) in [7, 11) is 0. The maximum atomic E-state index is 13.2. The Kier molecular flexibility index (Phi) is 4.74. The summed E-state index contributed by atoms with van der Waals surface area (Å²) in [6.45, 7) is 2.91. The number of hydrogen-bond donors (Lipinski definition) is 1. The summed E-state index contributed by atoms with van der Waals surface area (Å²) in [5.41, 5.74) is 0.422. The summed E-state index contributed by atoms with van der Waals surface area (Å²) in [5.74, 6) is -0.283. The van der Waals surface area contributed by atoms with Crippen LogP contribution in [0.5, 0.6) is 0 Å². The van der Waals surface area contributed by atoms with E-state index in [-0.39, 0.29) is 5.82 Å². The highest BCUT2D eigenvalue weighted by atomic mass is 35.5. The molecule has 1 N–H and O–H groups in total. The van der Waals surface area contributed by atoms with E-state index in [1.54, 1.807) is 12.1 Å². The van der Waals surface area contributed by atoms with Crippen LogP contribution in [0.2, 0.25) is 5.02 Å². The molecule has 14 heavy (non-hydrogen) atoms. The smallest absolute Gasteiger partial charge is 0.147 e. The first-order valence-corrected chi connectivity index (χ1v) is 5.31. The fourth-order valence-electron chi connectivity index (χ4n) is 1.26. The Balaban J connectivity index is 2.49. The topological polar surface area (TPSA) is 12.0 Å². The molecule has 1 aromatic rings. The van der Waals surface area contributed by atoms with Crippen LogP contribution < -0.4 is 5.32 Å². The molecular weight excluding hydrogens is 201 g/mol. The summed E-state index contributed by atoms with van der Waals surface area (Å²) in [6.07, 6.45) is 3.35. The van der Waals surface area contributed by atoms with Crippen molar-refractivity contribution >= 4 is 17.3 Å². The Morgan fingerprint density at radius 2 is 2.14 bits per heavy atom. The van der Waals surface area contributed by atoms with E-state index in [9.17, 15) is 4.39 Å². The van der Waals surface area contributed by atoms with Crippen molar-refractivity contribution in [2.24, 2.45) is 0 Å². The first-order valence-electron chi connectivity index (χ1n) is 4.93. The zero-order valence-corrected chi connectivity index (χ0v) is 9.07. The summed E-state index contributed by atoms with van der Waals surface area (Å²) in [5, 5.41) is 3.45. The van der Waals surface area contributed by atoms with Crippen molar-refractivity contribution in [3.63, 3.8) is 0 Å². The van der Waals surface area contributed by atoms with Gasteiger partial charge in [-0.05, 0) is 18.6 Å². The molecule has 0 aliphatic rings. The highest BCUT2D eigenvalue weighted by molar-refractivity contribution is 6.33. The van der Waals surface area contributed by atoms with E-state index < -0.39 is 0 Å². The van der Waals surface area contributed by atoms with Crippen LogP contribution in [0.15, 0.2) is 18.2 Å². The minimum atomic E-state index is -0.283. The molecule has 1 aromatic carbocycles. The third-order valence-electron chi connectivity index (χ3n) is 2.04. The van der Waals surface area contributed by atoms with Crippen molar-refractivity contribution in [1.82, 2.24) is 0 Å². The standard InChI is InChI=1S/C11H15ClFN/c1-2-3-4-8-14-11-9(12)6-5-7-10(11)13/h5-7,14H,2-4,8H2,1H3. The average molecular weight is 216 g/mol. The van der Waals surface area contributed by atoms with Crippen LogP contribution in [0.25, 0.3) is 0 Å². The number of hydrogen-bond acceptors (Lipinski definition) is 1. The summed E-state index contributed by atoms with van der Waals surface area (Å²) in [6, 6.07) is 4.70. The predicted octanol–water partition coefficient (Wildman–Crippen LogP) is 4.08. The van der Waals surface area contributed by atoms with Crippen LogP contribution in [0.1, 0.15) is 26.2 Å². The van der Waals surface area contributed by atoms with Crippen LogP contribution in [0.4, 0.5) is 10.1 Å². The molecular formula is C11H15ClFN. The Bertz CT molecular complexity index is 268. The SMILES string of the molecule is CCCCCNc1c(F)cccc1Cl. The van der Waals surface area contributed by atoms with E-state index in [1.165, 1.54) is 6.07 Å². The molecule has 78 valence electrons. The largest absolute Gasteiger partial charge is 0.381 e. The number of anilines is 1. The first kappa shape index (κ1) is 11.3. The Hall–Kier alpha value is -0.760. The fraction of sp³-hybridized carbons (Fsp3) is 0.455. The van der Waals surface area contributed by atoms with E-state index in [1.807, 2.05) is 0 Å². The van der Waals surface area contributed by atoms with Gasteiger partial charge in [0.25, 0.3) is 0 Å². The van der Waals surface area contributed by atoms with E-state index in [2.05, 4.69) is 12.2 Å². The predicted molar refractivity (Wildman–Crippen MR) is 59.4 cm³/mol. The van der Waals surface area contributed by atoms with Crippen molar-refractivity contribution in [3.8, 4) is 0 Å². The molecule has 0 aliphatic heterocycles. The third kappa shape index (κ3) is 3.18. The second-order valence-electron chi connectivity index (χ2n) is 3.23. The zero-order chi connectivity index (χ0) is 10.4. The highest BCUT2D eigenvalue weighted by Gasteiger charge is 2.04. The van der Waals surface area contributed by atoms with Crippen LogP contribution in [-0.2, 0) is 0 Å². The normalized spacial score (nSPS) is 10.2. The van der Waals surface area contributed by atoms with Crippen molar-refractivity contribution < 1.29 is 4.39 Å². The number of halogens is 2. The zero-order valence-electron chi connectivity index (χ0n) is 8.32. The van der Waals surface area contributed by atoms with Gasteiger partial charge >= 0.3 is 0 Å². The van der Waals surface area contributed by atoms with Gasteiger partial charge in [0.2, 0.25) is 0 Å². The van der Waals surface area contributed by atoms with E-state index in [4.69, 9.17) is 11.6 Å². The lowest BCUT2D eigenvalue weighted by Gasteiger charge is -2.08. The van der Waals surface area contributed by atoms with Crippen molar-refractivity contribution in [1.29, 1.82) is 0 Å². The maximum absolute atomic E-state index is 13.2. The minimum absolute atomic E-state index is 0.283. The number of para-hydroxylation sites is 1. The molecule has 0 aliphatic carbocycles. The van der Waals surface area contributed by atoms with E-state index in [0.717, 1.165) is 25.8 Å². The second kappa shape index (κ2) is 5.86. The van der Waals surface area contributed by atoms with E-state index >= 15 is 0 Å². The van der Waals surface area contributed by atoms with Gasteiger partial charge in [-0.15, -0.1) is 0 Å². The van der Waals surface area contributed by atoms with Gasteiger partial charge in [0.05, 0.1) is 10.7 Å². The molecule has 3 heteroatoms. The van der Waals surface area contributed by atoms with Crippen LogP contribution >= 0.6 is 11.6 Å². The first-order chi connectivity index (χ1) is 6.75. The van der Waals surface area contributed by atoms with Gasteiger partial charge in [-0.1, -0.05) is 37.4 Å². The van der Waals surface area contributed by atoms with Gasteiger partial charge in [0.1, 0.15) is 5.82 Å². The van der Waals surface area contributed by atoms with Crippen LogP contribution in [0.3, 0.4) is 0 Å². The molecule has 0 atom stereocenters. The number of rotatable bonds is 5. The number of unbranched alkanes of at least 4 members (excludes halogenated alkanes) is 2. The molecule has 0 saturated carbocycles. The molecule has 1 nitrogen and oxygen atoms in total. The van der Waals surface area contributed by atoms with Crippen LogP contribution in [-0.4, -0.2) is 6.54 Å². The molecule has 0 heterocycles. The molecule has 0 spiro atoms. The molecule has 0 unspecified atom stereocenters. The van der Waals surface area contributed by atoms with Gasteiger partial charge in [0, 0.05) is 6.54 Å². The molecule has 0 radical (unpaired) electrons. The fourth-order valence-corrected chi connectivity index (χ4v) is 1.48. The van der Waals surface area contributed by atoms with E-state index in [0.29, 0.717) is 10.7 Å². The summed E-state index contributed by atoms with van der Waals surface area (Å²) >= 11 is 5.84. The minimum Gasteiger partial charge on any atom is -0.381 e.